The Morgan fingerprint density at radius 1 is 1.35 bits per heavy atom. The van der Waals surface area contributed by atoms with Gasteiger partial charge in [0.05, 0.1) is 12.8 Å². The monoisotopic (exact) mass is 336 g/mol. The van der Waals surface area contributed by atoms with Gasteiger partial charge in [-0.1, -0.05) is 15.9 Å². The van der Waals surface area contributed by atoms with E-state index in [2.05, 4.69) is 26.6 Å². The number of rotatable bonds is 6. The molecule has 0 aliphatic carbocycles. The number of carbonyl (C=O) groups is 1. The van der Waals surface area contributed by atoms with Gasteiger partial charge in [-0.05, 0) is 42.8 Å². The van der Waals surface area contributed by atoms with Crippen molar-refractivity contribution in [2.45, 2.75) is 19.9 Å². The summed E-state index contributed by atoms with van der Waals surface area (Å²) >= 11 is 3.40. The Labute approximate surface area is 126 Å². The predicted octanol–water partition coefficient (Wildman–Crippen LogP) is 3.47. The molecule has 0 saturated carbocycles. The minimum absolute atomic E-state index is 0.00219. The highest BCUT2D eigenvalue weighted by atomic mass is 79.9. The Kier molecular flexibility index (Phi) is 5.38. The number of hydrogen-bond acceptors (Lipinski definition) is 3. The van der Waals surface area contributed by atoms with Crippen LogP contribution in [0.25, 0.3) is 0 Å². The second kappa shape index (κ2) is 7.26. The number of anilines is 1. The quantitative estimate of drug-likeness (QED) is 0.794. The molecule has 1 aromatic carbocycles. The zero-order chi connectivity index (χ0) is 14.4. The van der Waals surface area contributed by atoms with Crippen LogP contribution < -0.4 is 10.6 Å². The van der Waals surface area contributed by atoms with E-state index in [1.54, 1.807) is 6.26 Å². The third-order valence-corrected chi connectivity index (χ3v) is 3.36. The zero-order valence-corrected chi connectivity index (χ0v) is 12.9. The Bertz CT molecular complexity index is 567. The summed E-state index contributed by atoms with van der Waals surface area (Å²) in [5, 5.41) is 6.07. The Morgan fingerprint density at radius 3 is 2.90 bits per heavy atom. The van der Waals surface area contributed by atoms with Crippen molar-refractivity contribution in [1.29, 1.82) is 0 Å². The molecule has 0 aliphatic rings. The lowest BCUT2D eigenvalue weighted by Gasteiger charge is -2.09. The molecule has 106 valence electrons. The number of nitrogens with one attached hydrogen (secondary N) is 2. The number of furan rings is 1. The molecular formula is C15H17BrN2O2. The summed E-state index contributed by atoms with van der Waals surface area (Å²) in [5.74, 6) is 0.872. The van der Waals surface area contributed by atoms with Crippen LogP contribution in [0.1, 0.15) is 17.7 Å². The van der Waals surface area contributed by atoms with Crippen molar-refractivity contribution in [1.82, 2.24) is 5.32 Å². The van der Waals surface area contributed by atoms with E-state index in [0.717, 1.165) is 21.5 Å². The molecule has 0 saturated heterocycles. The fourth-order valence-electron chi connectivity index (χ4n) is 1.81. The zero-order valence-electron chi connectivity index (χ0n) is 11.3. The second-order valence-corrected chi connectivity index (χ2v) is 5.43. The molecule has 1 aromatic heterocycles. The molecule has 2 N–H and O–H groups in total. The molecule has 5 heteroatoms. The molecule has 1 amide bonds. The van der Waals surface area contributed by atoms with Gasteiger partial charge in [0, 0.05) is 23.1 Å². The van der Waals surface area contributed by atoms with Gasteiger partial charge in [0.25, 0.3) is 0 Å². The minimum Gasteiger partial charge on any atom is -0.468 e. The SMILES string of the molecule is Cc1cc(Br)ccc1NC(=O)CCNCc1ccco1. The van der Waals surface area contributed by atoms with Crippen molar-refractivity contribution in [2.24, 2.45) is 0 Å². The molecule has 2 aromatic rings. The topological polar surface area (TPSA) is 54.3 Å². The number of amides is 1. The number of aryl methyl sites for hydroxylation is 1. The molecule has 20 heavy (non-hydrogen) atoms. The van der Waals surface area contributed by atoms with E-state index < -0.39 is 0 Å². The van der Waals surface area contributed by atoms with Gasteiger partial charge in [-0.3, -0.25) is 4.79 Å². The summed E-state index contributed by atoms with van der Waals surface area (Å²) in [4.78, 5) is 11.8. The van der Waals surface area contributed by atoms with Crippen LogP contribution in [0.5, 0.6) is 0 Å². The first kappa shape index (κ1) is 14.8. The first-order chi connectivity index (χ1) is 9.65. The van der Waals surface area contributed by atoms with E-state index in [1.807, 2.05) is 37.3 Å². The Balaban J connectivity index is 1.72. The molecule has 0 bridgehead atoms. The first-order valence-corrected chi connectivity index (χ1v) is 7.23. The molecule has 1 heterocycles. The maximum Gasteiger partial charge on any atom is 0.225 e. The van der Waals surface area contributed by atoms with Gasteiger partial charge in [0.1, 0.15) is 5.76 Å². The molecule has 0 spiro atoms. The van der Waals surface area contributed by atoms with Gasteiger partial charge in [0.15, 0.2) is 0 Å². The largest absolute Gasteiger partial charge is 0.468 e. The van der Waals surface area contributed by atoms with Gasteiger partial charge in [-0.25, -0.2) is 0 Å². The Hall–Kier alpha value is -1.59. The van der Waals surface area contributed by atoms with Crippen molar-refractivity contribution in [3.63, 3.8) is 0 Å². The second-order valence-electron chi connectivity index (χ2n) is 4.51. The van der Waals surface area contributed by atoms with E-state index in [1.165, 1.54) is 0 Å². The van der Waals surface area contributed by atoms with Gasteiger partial charge < -0.3 is 15.1 Å². The highest BCUT2D eigenvalue weighted by molar-refractivity contribution is 9.10. The predicted molar refractivity (Wildman–Crippen MR) is 82.5 cm³/mol. The summed E-state index contributed by atoms with van der Waals surface area (Å²) in [6.07, 6.45) is 2.07. The van der Waals surface area contributed by atoms with Gasteiger partial charge in [-0.2, -0.15) is 0 Å². The standard InChI is InChI=1S/C15H17BrN2O2/c1-11-9-12(16)4-5-14(11)18-15(19)6-7-17-10-13-3-2-8-20-13/h2-5,8-9,17H,6-7,10H2,1H3,(H,18,19). The van der Waals surface area contributed by atoms with Crippen LogP contribution in [0.4, 0.5) is 5.69 Å². The third-order valence-electron chi connectivity index (χ3n) is 2.87. The molecule has 0 aliphatic heterocycles. The fraction of sp³-hybridized carbons (Fsp3) is 0.267. The molecule has 0 unspecified atom stereocenters. The molecule has 2 rings (SSSR count). The van der Waals surface area contributed by atoms with Crippen molar-refractivity contribution >= 4 is 27.5 Å². The summed E-state index contributed by atoms with van der Waals surface area (Å²) in [6.45, 7) is 3.22. The normalized spacial score (nSPS) is 10.5. The summed E-state index contributed by atoms with van der Waals surface area (Å²) < 4.78 is 6.20. The lowest BCUT2D eigenvalue weighted by atomic mass is 10.2. The maximum absolute atomic E-state index is 11.8. The molecular weight excluding hydrogens is 320 g/mol. The van der Waals surface area contributed by atoms with Crippen molar-refractivity contribution in [2.75, 3.05) is 11.9 Å². The van der Waals surface area contributed by atoms with Crippen LogP contribution >= 0.6 is 15.9 Å². The summed E-state index contributed by atoms with van der Waals surface area (Å²) in [7, 11) is 0. The van der Waals surface area contributed by atoms with E-state index >= 15 is 0 Å². The summed E-state index contributed by atoms with van der Waals surface area (Å²) in [6, 6.07) is 9.54. The van der Waals surface area contributed by atoms with Gasteiger partial charge in [-0.15, -0.1) is 0 Å². The summed E-state index contributed by atoms with van der Waals surface area (Å²) in [5.41, 5.74) is 1.89. The van der Waals surface area contributed by atoms with Crippen LogP contribution in [-0.2, 0) is 11.3 Å². The average molecular weight is 337 g/mol. The van der Waals surface area contributed by atoms with Crippen LogP contribution in [0.15, 0.2) is 45.5 Å². The van der Waals surface area contributed by atoms with Gasteiger partial charge in [0.2, 0.25) is 5.91 Å². The average Bonchev–Trinajstić information content (AvgIpc) is 2.91. The van der Waals surface area contributed by atoms with Crippen molar-refractivity contribution < 1.29 is 9.21 Å². The molecule has 0 atom stereocenters. The van der Waals surface area contributed by atoms with Crippen LogP contribution in [-0.4, -0.2) is 12.5 Å². The van der Waals surface area contributed by atoms with Crippen LogP contribution in [0, 0.1) is 6.92 Å². The Morgan fingerprint density at radius 2 is 2.20 bits per heavy atom. The third kappa shape index (κ3) is 4.51. The number of carbonyl (C=O) groups excluding carboxylic acids is 1. The lowest BCUT2D eigenvalue weighted by molar-refractivity contribution is -0.116. The van der Waals surface area contributed by atoms with Crippen molar-refractivity contribution in [3.05, 3.63) is 52.4 Å². The first-order valence-electron chi connectivity index (χ1n) is 6.44. The highest BCUT2D eigenvalue weighted by Crippen LogP contribution is 2.20. The minimum atomic E-state index is 0.00219. The smallest absolute Gasteiger partial charge is 0.225 e. The highest BCUT2D eigenvalue weighted by Gasteiger charge is 2.05. The maximum atomic E-state index is 11.8. The van der Waals surface area contributed by atoms with E-state index in [0.29, 0.717) is 19.5 Å². The lowest BCUT2D eigenvalue weighted by Crippen LogP contribution is -2.21. The number of halogens is 1. The number of hydrogen-bond donors (Lipinski definition) is 2. The van der Waals surface area contributed by atoms with E-state index in [9.17, 15) is 4.79 Å². The molecule has 4 nitrogen and oxygen atoms in total. The number of benzene rings is 1. The van der Waals surface area contributed by atoms with Crippen molar-refractivity contribution in [3.8, 4) is 0 Å². The molecule has 0 radical (unpaired) electrons. The molecule has 0 fully saturated rings. The van der Waals surface area contributed by atoms with Crippen LogP contribution in [0.2, 0.25) is 0 Å². The van der Waals surface area contributed by atoms with E-state index in [4.69, 9.17) is 4.42 Å². The van der Waals surface area contributed by atoms with Gasteiger partial charge >= 0.3 is 0 Å². The van der Waals surface area contributed by atoms with Crippen LogP contribution in [0.3, 0.4) is 0 Å². The van der Waals surface area contributed by atoms with E-state index in [-0.39, 0.29) is 5.91 Å². The fourth-order valence-corrected chi connectivity index (χ4v) is 2.28.